The van der Waals surface area contributed by atoms with Crippen LogP contribution in [0.15, 0.2) is 24.3 Å². The molecule has 0 atom stereocenters. The fraction of sp³-hybridized carbons (Fsp3) is 0.385. The lowest BCUT2D eigenvalue weighted by Crippen LogP contribution is -2.32. The zero-order chi connectivity index (χ0) is 13.5. The van der Waals surface area contributed by atoms with Gasteiger partial charge in [-0.3, -0.25) is 9.59 Å². The van der Waals surface area contributed by atoms with Crippen LogP contribution in [-0.2, 0) is 9.53 Å². The third-order valence-electron chi connectivity index (χ3n) is 2.36. The number of ether oxygens (including phenoxy) is 2. The van der Waals surface area contributed by atoms with Gasteiger partial charge in [0, 0.05) is 7.05 Å². The summed E-state index contributed by atoms with van der Waals surface area (Å²) in [5.74, 6) is -0.217. The normalized spacial score (nSPS) is 9.72. The first-order valence-corrected chi connectivity index (χ1v) is 5.64. The Morgan fingerprint density at radius 2 is 1.94 bits per heavy atom. The van der Waals surface area contributed by atoms with Gasteiger partial charge in [-0.05, 0) is 19.1 Å². The molecule has 0 aromatic heterocycles. The van der Waals surface area contributed by atoms with E-state index in [1.54, 1.807) is 31.3 Å². The summed E-state index contributed by atoms with van der Waals surface area (Å²) < 4.78 is 9.90. The predicted molar refractivity (Wildman–Crippen MR) is 66.6 cm³/mol. The number of nitrogens with zero attached hydrogens (tertiary/aromatic N) is 1. The smallest absolute Gasteiger partial charge is 0.325 e. The van der Waals surface area contributed by atoms with Crippen molar-refractivity contribution in [3.8, 4) is 5.75 Å². The summed E-state index contributed by atoms with van der Waals surface area (Å²) in [7, 11) is 2.83. The van der Waals surface area contributed by atoms with Crippen LogP contribution in [0.25, 0.3) is 0 Å². The van der Waals surface area contributed by atoms with Crippen LogP contribution in [-0.4, -0.2) is 44.1 Å². The summed E-state index contributed by atoms with van der Waals surface area (Å²) in [6.45, 7) is 2.24. The van der Waals surface area contributed by atoms with Crippen LogP contribution in [0.4, 0.5) is 0 Å². The summed E-state index contributed by atoms with van der Waals surface area (Å²) in [6.07, 6.45) is 0. The van der Waals surface area contributed by atoms with Crippen molar-refractivity contribution in [1.29, 1.82) is 0 Å². The van der Waals surface area contributed by atoms with Crippen molar-refractivity contribution in [2.75, 3.05) is 27.3 Å². The average Bonchev–Trinajstić information content (AvgIpc) is 2.38. The molecular weight excluding hydrogens is 234 g/mol. The van der Waals surface area contributed by atoms with Crippen LogP contribution >= 0.6 is 0 Å². The highest BCUT2D eigenvalue weighted by Gasteiger charge is 2.18. The Kier molecular flexibility index (Phi) is 5.17. The minimum atomic E-state index is -0.459. The Bertz CT molecular complexity index is 431. The number of para-hydroxylation sites is 1. The largest absolute Gasteiger partial charge is 0.493 e. The first kappa shape index (κ1) is 14.0. The second-order valence-electron chi connectivity index (χ2n) is 3.67. The highest BCUT2D eigenvalue weighted by molar-refractivity contribution is 5.98. The number of likely N-dealkylation sites (N-methyl/N-ethyl adjacent to an activating group) is 1. The van der Waals surface area contributed by atoms with Gasteiger partial charge in [-0.2, -0.15) is 0 Å². The lowest BCUT2D eigenvalue weighted by Gasteiger charge is -2.17. The van der Waals surface area contributed by atoms with Crippen LogP contribution in [0, 0.1) is 0 Å². The van der Waals surface area contributed by atoms with Gasteiger partial charge in [-0.25, -0.2) is 0 Å². The van der Waals surface area contributed by atoms with Crippen LogP contribution < -0.4 is 4.74 Å². The van der Waals surface area contributed by atoms with Gasteiger partial charge in [0.2, 0.25) is 0 Å². The molecule has 0 radical (unpaired) electrons. The first-order valence-electron chi connectivity index (χ1n) is 5.64. The molecule has 1 aromatic rings. The van der Waals surface area contributed by atoms with Gasteiger partial charge in [0.15, 0.2) is 0 Å². The number of hydrogen-bond acceptors (Lipinski definition) is 4. The molecule has 0 fully saturated rings. The molecule has 0 aliphatic heterocycles. The van der Waals surface area contributed by atoms with Crippen LogP contribution in [0.2, 0.25) is 0 Å². The molecule has 0 unspecified atom stereocenters. The van der Waals surface area contributed by atoms with Crippen molar-refractivity contribution in [2.45, 2.75) is 6.92 Å². The Labute approximate surface area is 106 Å². The van der Waals surface area contributed by atoms with Crippen molar-refractivity contribution >= 4 is 11.9 Å². The van der Waals surface area contributed by atoms with E-state index in [4.69, 9.17) is 4.74 Å². The van der Waals surface area contributed by atoms with Gasteiger partial charge in [-0.15, -0.1) is 0 Å². The maximum absolute atomic E-state index is 12.1. The first-order chi connectivity index (χ1) is 8.60. The molecule has 0 saturated heterocycles. The molecule has 98 valence electrons. The van der Waals surface area contributed by atoms with E-state index in [9.17, 15) is 9.59 Å². The topological polar surface area (TPSA) is 55.8 Å². The molecule has 0 heterocycles. The molecule has 1 amide bonds. The minimum absolute atomic E-state index is 0.0875. The molecule has 0 spiro atoms. The lowest BCUT2D eigenvalue weighted by atomic mass is 10.2. The maximum Gasteiger partial charge on any atom is 0.325 e. The summed E-state index contributed by atoms with van der Waals surface area (Å²) >= 11 is 0. The monoisotopic (exact) mass is 251 g/mol. The summed E-state index contributed by atoms with van der Waals surface area (Å²) in [4.78, 5) is 24.5. The number of rotatable bonds is 5. The predicted octanol–water partition coefficient (Wildman–Crippen LogP) is 1.33. The number of hydrogen-bond donors (Lipinski definition) is 0. The minimum Gasteiger partial charge on any atom is -0.493 e. The van der Waals surface area contributed by atoms with Crippen molar-refractivity contribution in [1.82, 2.24) is 4.90 Å². The Morgan fingerprint density at radius 3 is 2.56 bits per heavy atom. The maximum atomic E-state index is 12.1. The molecule has 5 nitrogen and oxygen atoms in total. The van der Waals surface area contributed by atoms with Crippen molar-refractivity contribution in [3.05, 3.63) is 29.8 Å². The molecule has 0 bridgehead atoms. The number of carbonyl (C=O) groups excluding carboxylic acids is 2. The summed E-state index contributed by atoms with van der Waals surface area (Å²) in [6, 6.07) is 6.94. The Balaban J connectivity index is 2.86. The second-order valence-corrected chi connectivity index (χ2v) is 3.67. The summed E-state index contributed by atoms with van der Waals surface area (Å²) in [5, 5.41) is 0. The van der Waals surface area contributed by atoms with E-state index in [0.717, 1.165) is 0 Å². The number of amides is 1. The highest BCUT2D eigenvalue weighted by Crippen LogP contribution is 2.19. The quantitative estimate of drug-likeness (QED) is 0.741. The number of esters is 1. The molecule has 0 saturated carbocycles. The Hall–Kier alpha value is -2.04. The number of methoxy groups -OCH3 is 1. The van der Waals surface area contributed by atoms with Crippen LogP contribution in [0.3, 0.4) is 0 Å². The molecule has 0 aliphatic carbocycles. The number of carbonyl (C=O) groups is 2. The molecule has 18 heavy (non-hydrogen) atoms. The van der Waals surface area contributed by atoms with Crippen LogP contribution in [0.1, 0.15) is 17.3 Å². The standard InChI is InChI=1S/C13H17NO4/c1-4-18-11-8-6-5-7-10(11)13(16)14(2)9-12(15)17-3/h5-8H,4,9H2,1-3H3. The van der Waals surface area contributed by atoms with Gasteiger partial charge in [0.1, 0.15) is 12.3 Å². The van der Waals surface area contributed by atoms with Crippen LogP contribution in [0.5, 0.6) is 5.75 Å². The van der Waals surface area contributed by atoms with Gasteiger partial charge in [0.25, 0.3) is 5.91 Å². The molecular formula is C13H17NO4. The van der Waals surface area contributed by atoms with E-state index in [2.05, 4.69) is 4.74 Å². The van der Waals surface area contributed by atoms with E-state index in [1.807, 2.05) is 6.92 Å². The zero-order valence-corrected chi connectivity index (χ0v) is 10.8. The number of benzene rings is 1. The van der Waals surface area contributed by atoms with E-state index in [0.29, 0.717) is 17.9 Å². The Morgan fingerprint density at radius 1 is 1.28 bits per heavy atom. The highest BCUT2D eigenvalue weighted by atomic mass is 16.5. The fourth-order valence-corrected chi connectivity index (χ4v) is 1.46. The lowest BCUT2D eigenvalue weighted by molar-refractivity contribution is -0.141. The fourth-order valence-electron chi connectivity index (χ4n) is 1.46. The molecule has 0 aliphatic rings. The average molecular weight is 251 g/mol. The van der Waals surface area contributed by atoms with Crippen molar-refractivity contribution in [3.63, 3.8) is 0 Å². The SMILES string of the molecule is CCOc1ccccc1C(=O)N(C)CC(=O)OC. The molecule has 5 heteroatoms. The molecule has 1 aromatic carbocycles. The van der Waals surface area contributed by atoms with Crippen molar-refractivity contribution < 1.29 is 19.1 Å². The van der Waals surface area contributed by atoms with Gasteiger partial charge < -0.3 is 14.4 Å². The van der Waals surface area contributed by atoms with Crippen molar-refractivity contribution in [2.24, 2.45) is 0 Å². The van der Waals surface area contributed by atoms with E-state index >= 15 is 0 Å². The summed E-state index contributed by atoms with van der Waals surface area (Å²) in [5.41, 5.74) is 0.436. The molecule has 1 rings (SSSR count). The van der Waals surface area contributed by atoms with E-state index in [1.165, 1.54) is 12.0 Å². The van der Waals surface area contributed by atoms with Gasteiger partial charge in [0.05, 0.1) is 19.3 Å². The zero-order valence-electron chi connectivity index (χ0n) is 10.8. The van der Waals surface area contributed by atoms with E-state index < -0.39 is 5.97 Å². The van der Waals surface area contributed by atoms with Gasteiger partial charge in [-0.1, -0.05) is 12.1 Å². The van der Waals surface area contributed by atoms with Gasteiger partial charge >= 0.3 is 5.97 Å². The molecule has 0 N–H and O–H groups in total. The third kappa shape index (κ3) is 3.48. The third-order valence-corrected chi connectivity index (χ3v) is 2.36. The van der Waals surface area contributed by atoms with E-state index in [-0.39, 0.29) is 12.5 Å². The second kappa shape index (κ2) is 6.64.